The van der Waals surface area contributed by atoms with Gasteiger partial charge >= 0.3 is 0 Å². The SMILES string of the molecule is COCO[C@H]1[C@H](OCOC)[C@@H](COS(C)(=O)=O)C[C@@H](C)[C@H]1OCOC. The number of hydrogen-bond acceptors (Lipinski definition) is 9. The molecule has 0 aromatic heterocycles. The second-order valence-electron chi connectivity index (χ2n) is 6.08. The molecule has 1 aliphatic rings. The van der Waals surface area contributed by atoms with Crippen LogP contribution in [0.2, 0.25) is 0 Å². The molecule has 1 aliphatic carbocycles. The highest BCUT2D eigenvalue weighted by molar-refractivity contribution is 7.85. The summed E-state index contributed by atoms with van der Waals surface area (Å²) in [5, 5.41) is 0. The van der Waals surface area contributed by atoms with Crippen molar-refractivity contribution in [1.82, 2.24) is 0 Å². The predicted molar refractivity (Wildman–Crippen MR) is 88.3 cm³/mol. The Morgan fingerprint density at radius 1 is 0.840 bits per heavy atom. The lowest BCUT2D eigenvalue weighted by Crippen LogP contribution is -2.55. The average molecular weight is 386 g/mol. The first-order chi connectivity index (χ1) is 11.8. The van der Waals surface area contributed by atoms with E-state index < -0.39 is 22.3 Å². The summed E-state index contributed by atoms with van der Waals surface area (Å²) >= 11 is 0. The van der Waals surface area contributed by atoms with Crippen LogP contribution in [0.25, 0.3) is 0 Å². The first-order valence-corrected chi connectivity index (χ1v) is 9.81. The summed E-state index contributed by atoms with van der Waals surface area (Å²) in [6.45, 7) is 2.21. The molecule has 0 unspecified atom stereocenters. The van der Waals surface area contributed by atoms with Crippen molar-refractivity contribution in [1.29, 1.82) is 0 Å². The molecule has 5 atom stereocenters. The van der Waals surface area contributed by atoms with Crippen LogP contribution in [0.4, 0.5) is 0 Å². The van der Waals surface area contributed by atoms with Gasteiger partial charge in [0.05, 0.1) is 25.1 Å². The second kappa shape index (κ2) is 11.4. The summed E-state index contributed by atoms with van der Waals surface area (Å²) in [5.41, 5.74) is 0. The van der Waals surface area contributed by atoms with E-state index >= 15 is 0 Å². The lowest BCUT2D eigenvalue weighted by molar-refractivity contribution is -0.246. The van der Waals surface area contributed by atoms with E-state index in [1.807, 2.05) is 6.92 Å². The summed E-state index contributed by atoms with van der Waals surface area (Å²) < 4.78 is 60.1. The van der Waals surface area contributed by atoms with Crippen molar-refractivity contribution in [3.63, 3.8) is 0 Å². The molecule has 0 aliphatic heterocycles. The van der Waals surface area contributed by atoms with Crippen LogP contribution >= 0.6 is 0 Å². The van der Waals surface area contributed by atoms with Gasteiger partial charge in [-0.1, -0.05) is 6.92 Å². The minimum Gasteiger partial charge on any atom is -0.359 e. The summed E-state index contributed by atoms with van der Waals surface area (Å²) in [7, 11) is 1.02. The maximum absolute atomic E-state index is 11.4. The summed E-state index contributed by atoms with van der Waals surface area (Å²) in [4.78, 5) is 0. The smallest absolute Gasteiger partial charge is 0.264 e. The molecule has 25 heavy (non-hydrogen) atoms. The van der Waals surface area contributed by atoms with Crippen molar-refractivity contribution in [2.45, 2.75) is 31.7 Å². The van der Waals surface area contributed by atoms with Gasteiger partial charge in [0, 0.05) is 27.2 Å². The molecule has 0 bridgehead atoms. The summed E-state index contributed by atoms with van der Waals surface area (Å²) in [6.07, 6.45) is 0.405. The predicted octanol–water partition coefficient (Wildman–Crippen LogP) is 0.586. The van der Waals surface area contributed by atoms with E-state index in [1.165, 1.54) is 14.2 Å². The van der Waals surface area contributed by atoms with Gasteiger partial charge in [0.1, 0.15) is 26.5 Å². The van der Waals surface area contributed by atoms with Crippen molar-refractivity contribution >= 4 is 10.1 Å². The first kappa shape index (κ1) is 22.7. The van der Waals surface area contributed by atoms with Crippen molar-refractivity contribution < 1.29 is 41.0 Å². The number of rotatable bonds is 12. The van der Waals surface area contributed by atoms with Gasteiger partial charge in [0.25, 0.3) is 10.1 Å². The van der Waals surface area contributed by atoms with Crippen LogP contribution in [-0.2, 0) is 42.7 Å². The van der Waals surface area contributed by atoms with Crippen LogP contribution in [0, 0.1) is 11.8 Å². The fraction of sp³-hybridized carbons (Fsp3) is 1.00. The number of methoxy groups -OCH3 is 3. The Kier molecular flexibility index (Phi) is 10.4. The molecule has 0 N–H and O–H groups in total. The Morgan fingerprint density at radius 2 is 1.32 bits per heavy atom. The Bertz CT molecular complexity index is 456. The van der Waals surface area contributed by atoms with E-state index in [9.17, 15) is 8.42 Å². The highest BCUT2D eigenvalue weighted by atomic mass is 32.2. The zero-order chi connectivity index (χ0) is 18.9. The van der Waals surface area contributed by atoms with Gasteiger partial charge in [0.2, 0.25) is 0 Å². The van der Waals surface area contributed by atoms with Gasteiger partial charge < -0.3 is 28.4 Å². The first-order valence-electron chi connectivity index (χ1n) is 8.00. The minimum atomic E-state index is -3.55. The highest BCUT2D eigenvalue weighted by Gasteiger charge is 2.46. The van der Waals surface area contributed by atoms with Crippen LogP contribution in [0.3, 0.4) is 0 Å². The van der Waals surface area contributed by atoms with Crippen LogP contribution in [-0.4, -0.2) is 81.3 Å². The Labute approximate surface area is 149 Å². The molecule has 1 rings (SSSR count). The van der Waals surface area contributed by atoms with Gasteiger partial charge in [-0.05, 0) is 12.3 Å². The maximum Gasteiger partial charge on any atom is 0.264 e. The third-order valence-electron chi connectivity index (χ3n) is 3.98. The summed E-state index contributed by atoms with van der Waals surface area (Å²) in [6, 6.07) is 0. The third kappa shape index (κ3) is 7.83. The van der Waals surface area contributed by atoms with E-state index in [4.69, 9.17) is 32.6 Å². The molecule has 0 radical (unpaired) electrons. The van der Waals surface area contributed by atoms with E-state index in [0.29, 0.717) is 6.42 Å². The Hall–Kier alpha value is -0.330. The van der Waals surface area contributed by atoms with Crippen molar-refractivity contribution in [2.24, 2.45) is 11.8 Å². The van der Waals surface area contributed by atoms with Crippen molar-refractivity contribution in [3.05, 3.63) is 0 Å². The standard InChI is InChI=1S/C15H30O9S/c1-11-6-12(7-24-25(5,16)17)14(22-9-19-3)15(23-10-20-4)13(11)21-8-18-2/h11-15H,6-10H2,1-5H3/t11-,12-,13-,14-,15-/m1/s1. The highest BCUT2D eigenvalue weighted by Crippen LogP contribution is 2.36. The van der Waals surface area contributed by atoms with Gasteiger partial charge in [-0.15, -0.1) is 0 Å². The fourth-order valence-corrected chi connectivity index (χ4v) is 3.44. The van der Waals surface area contributed by atoms with Gasteiger partial charge in [0.15, 0.2) is 0 Å². The van der Waals surface area contributed by atoms with Gasteiger partial charge in [-0.25, -0.2) is 0 Å². The molecule has 1 fully saturated rings. The lowest BCUT2D eigenvalue weighted by atomic mass is 9.76. The monoisotopic (exact) mass is 386 g/mol. The Balaban J connectivity index is 2.96. The van der Waals surface area contributed by atoms with E-state index in [1.54, 1.807) is 7.11 Å². The third-order valence-corrected chi connectivity index (χ3v) is 4.54. The molecular weight excluding hydrogens is 356 g/mol. The molecule has 10 heteroatoms. The quantitative estimate of drug-likeness (QED) is 0.352. The van der Waals surface area contributed by atoms with Gasteiger partial charge in [-0.3, -0.25) is 4.18 Å². The molecule has 9 nitrogen and oxygen atoms in total. The molecule has 0 spiro atoms. The molecule has 0 heterocycles. The molecule has 0 aromatic rings. The van der Waals surface area contributed by atoms with Crippen LogP contribution < -0.4 is 0 Å². The normalized spacial score (nSPS) is 30.5. The molecule has 1 saturated carbocycles. The fourth-order valence-electron chi connectivity index (χ4n) is 3.02. The number of ether oxygens (including phenoxy) is 6. The average Bonchev–Trinajstić information content (AvgIpc) is 2.55. The summed E-state index contributed by atoms with van der Waals surface area (Å²) in [5.74, 6) is -0.128. The lowest BCUT2D eigenvalue weighted by Gasteiger charge is -2.44. The van der Waals surface area contributed by atoms with Crippen LogP contribution in [0.1, 0.15) is 13.3 Å². The Morgan fingerprint density at radius 3 is 1.80 bits per heavy atom. The molecular formula is C15H30O9S. The van der Waals surface area contributed by atoms with E-state index in [2.05, 4.69) is 0 Å². The van der Waals surface area contributed by atoms with Gasteiger partial charge in [-0.2, -0.15) is 8.42 Å². The maximum atomic E-state index is 11.4. The molecule has 0 aromatic carbocycles. The van der Waals surface area contributed by atoms with E-state index in [0.717, 1.165) is 6.26 Å². The van der Waals surface area contributed by atoms with Crippen molar-refractivity contribution in [3.8, 4) is 0 Å². The van der Waals surface area contributed by atoms with Crippen molar-refractivity contribution in [2.75, 3.05) is 54.6 Å². The second-order valence-corrected chi connectivity index (χ2v) is 7.72. The largest absolute Gasteiger partial charge is 0.359 e. The minimum absolute atomic E-state index is 0.00138. The molecule has 0 amide bonds. The molecule has 0 saturated heterocycles. The number of hydrogen-bond donors (Lipinski definition) is 0. The topological polar surface area (TPSA) is 98.8 Å². The zero-order valence-electron chi connectivity index (χ0n) is 15.5. The zero-order valence-corrected chi connectivity index (χ0v) is 16.3. The van der Waals surface area contributed by atoms with Crippen LogP contribution in [0.15, 0.2) is 0 Å². The van der Waals surface area contributed by atoms with Crippen LogP contribution in [0.5, 0.6) is 0 Å². The van der Waals surface area contributed by atoms with E-state index in [-0.39, 0.29) is 44.9 Å². The molecule has 150 valence electrons.